The summed E-state index contributed by atoms with van der Waals surface area (Å²) in [4.78, 5) is 33.3. The summed E-state index contributed by atoms with van der Waals surface area (Å²) in [5.74, 6) is -0.0476. The number of nitrogens with zero attached hydrogens (tertiary/aromatic N) is 5. The van der Waals surface area contributed by atoms with Gasteiger partial charge in [0.25, 0.3) is 5.91 Å². The number of benzene rings is 2. The van der Waals surface area contributed by atoms with E-state index >= 15 is 0 Å². The molecular formula is C30H29N5O3. The van der Waals surface area contributed by atoms with Crippen molar-refractivity contribution in [3.8, 4) is 28.5 Å². The summed E-state index contributed by atoms with van der Waals surface area (Å²) < 4.78 is 7.47. The van der Waals surface area contributed by atoms with Crippen LogP contribution in [0, 0.1) is 11.3 Å². The molecule has 1 aliphatic heterocycles. The third-order valence-electron chi connectivity index (χ3n) is 6.50. The first-order chi connectivity index (χ1) is 18.2. The predicted octanol–water partition coefficient (Wildman–Crippen LogP) is 5.23. The first-order valence-corrected chi connectivity index (χ1v) is 12.6. The first-order valence-electron chi connectivity index (χ1n) is 12.6. The van der Waals surface area contributed by atoms with Gasteiger partial charge in [-0.1, -0.05) is 24.3 Å². The number of carbonyl (C=O) groups excluding carboxylic acids is 2. The van der Waals surface area contributed by atoms with Crippen molar-refractivity contribution in [2.24, 2.45) is 0 Å². The molecule has 2 aromatic carbocycles. The van der Waals surface area contributed by atoms with Crippen molar-refractivity contribution in [3.63, 3.8) is 0 Å². The Morgan fingerprint density at radius 1 is 0.842 bits per heavy atom. The molecule has 2 amide bonds. The number of pyridine rings is 1. The molecule has 0 radical (unpaired) electrons. The summed E-state index contributed by atoms with van der Waals surface area (Å²) in [6, 6.07) is 21.1. The van der Waals surface area contributed by atoms with E-state index in [0.29, 0.717) is 37.3 Å². The summed E-state index contributed by atoms with van der Waals surface area (Å²) in [5.41, 5.74) is 5.40. The fourth-order valence-electron chi connectivity index (χ4n) is 4.49. The molecule has 0 atom stereocenters. The van der Waals surface area contributed by atoms with Crippen molar-refractivity contribution in [1.82, 2.24) is 19.2 Å². The molecular weight excluding hydrogens is 478 g/mol. The maximum absolute atomic E-state index is 13.1. The molecule has 0 bridgehead atoms. The molecule has 1 aliphatic rings. The van der Waals surface area contributed by atoms with Gasteiger partial charge in [0.1, 0.15) is 11.2 Å². The highest BCUT2D eigenvalue weighted by molar-refractivity contribution is 5.95. The van der Waals surface area contributed by atoms with Crippen molar-refractivity contribution in [3.05, 3.63) is 84.2 Å². The summed E-state index contributed by atoms with van der Waals surface area (Å²) in [5, 5.41) is 9.08. The predicted molar refractivity (Wildman–Crippen MR) is 144 cm³/mol. The molecule has 2 aromatic heterocycles. The zero-order valence-corrected chi connectivity index (χ0v) is 21.7. The highest BCUT2D eigenvalue weighted by Gasteiger charge is 2.28. The lowest BCUT2D eigenvalue weighted by Crippen LogP contribution is -2.51. The SMILES string of the molecule is CC(C)(C)OC(=O)N1CCN(C(=O)c2ccc(-c3ccc4ncc(-c5ccc(C#N)cc5)n4c3)cc2)CC1. The van der Waals surface area contributed by atoms with E-state index in [-0.39, 0.29) is 12.0 Å². The van der Waals surface area contributed by atoms with E-state index in [2.05, 4.69) is 11.1 Å². The maximum atomic E-state index is 13.1. The largest absolute Gasteiger partial charge is 0.444 e. The molecule has 4 aromatic rings. The lowest BCUT2D eigenvalue weighted by Gasteiger charge is -2.35. The molecule has 0 N–H and O–H groups in total. The Labute approximate surface area is 221 Å². The minimum absolute atomic E-state index is 0.0476. The van der Waals surface area contributed by atoms with E-state index in [0.717, 1.165) is 28.0 Å². The topological polar surface area (TPSA) is 90.9 Å². The average Bonchev–Trinajstić information content (AvgIpc) is 3.35. The van der Waals surface area contributed by atoms with Gasteiger partial charge in [0.15, 0.2) is 0 Å². The fraction of sp³-hybridized carbons (Fsp3) is 0.267. The van der Waals surface area contributed by atoms with E-state index < -0.39 is 5.60 Å². The van der Waals surface area contributed by atoms with Gasteiger partial charge in [0, 0.05) is 43.5 Å². The van der Waals surface area contributed by atoms with Crippen molar-refractivity contribution in [1.29, 1.82) is 5.26 Å². The lowest BCUT2D eigenvalue weighted by molar-refractivity contribution is 0.0141. The van der Waals surface area contributed by atoms with Crippen LogP contribution in [0.25, 0.3) is 28.0 Å². The van der Waals surface area contributed by atoms with Crippen molar-refractivity contribution in [2.75, 3.05) is 26.2 Å². The smallest absolute Gasteiger partial charge is 0.410 e. The third kappa shape index (κ3) is 5.23. The number of imidazole rings is 1. The Morgan fingerprint density at radius 2 is 1.45 bits per heavy atom. The van der Waals surface area contributed by atoms with Gasteiger partial charge in [-0.2, -0.15) is 5.26 Å². The van der Waals surface area contributed by atoms with Crippen LogP contribution in [0.1, 0.15) is 36.7 Å². The number of piperazine rings is 1. The van der Waals surface area contributed by atoms with Gasteiger partial charge in [-0.3, -0.25) is 9.20 Å². The Balaban J connectivity index is 1.29. The molecule has 192 valence electrons. The van der Waals surface area contributed by atoms with Gasteiger partial charge in [-0.25, -0.2) is 9.78 Å². The molecule has 38 heavy (non-hydrogen) atoms. The van der Waals surface area contributed by atoms with E-state index in [4.69, 9.17) is 10.00 Å². The molecule has 5 rings (SSSR count). The van der Waals surface area contributed by atoms with Crippen LogP contribution in [-0.2, 0) is 4.74 Å². The molecule has 1 saturated heterocycles. The number of ether oxygens (including phenoxy) is 1. The van der Waals surface area contributed by atoms with Crippen molar-refractivity contribution >= 4 is 17.6 Å². The molecule has 8 nitrogen and oxygen atoms in total. The molecule has 1 fully saturated rings. The minimum Gasteiger partial charge on any atom is -0.444 e. The second-order valence-electron chi connectivity index (χ2n) is 10.3. The zero-order valence-electron chi connectivity index (χ0n) is 21.7. The van der Waals surface area contributed by atoms with Gasteiger partial charge in [-0.05, 0) is 68.3 Å². The Bertz CT molecular complexity index is 1520. The quantitative estimate of drug-likeness (QED) is 0.379. The van der Waals surface area contributed by atoms with Crippen LogP contribution in [0.15, 0.2) is 73.1 Å². The van der Waals surface area contributed by atoms with Crippen molar-refractivity contribution in [2.45, 2.75) is 26.4 Å². The van der Waals surface area contributed by atoms with Gasteiger partial charge in [0.2, 0.25) is 0 Å². The molecule has 0 aliphatic carbocycles. The zero-order chi connectivity index (χ0) is 26.9. The number of hydrogen-bond acceptors (Lipinski definition) is 5. The number of fused-ring (bicyclic) bond motifs is 1. The summed E-state index contributed by atoms with van der Waals surface area (Å²) in [6.07, 6.45) is 3.51. The normalized spacial score (nSPS) is 13.8. The Hall–Kier alpha value is -4.64. The monoisotopic (exact) mass is 507 g/mol. The van der Waals surface area contributed by atoms with Crippen LogP contribution < -0.4 is 0 Å². The first kappa shape index (κ1) is 25.0. The number of hydrogen-bond donors (Lipinski definition) is 0. The second-order valence-corrected chi connectivity index (χ2v) is 10.3. The van der Waals surface area contributed by atoms with Gasteiger partial charge in [-0.15, -0.1) is 0 Å². The summed E-state index contributed by atoms with van der Waals surface area (Å²) in [7, 11) is 0. The summed E-state index contributed by atoms with van der Waals surface area (Å²) in [6.45, 7) is 7.36. The van der Waals surface area contributed by atoms with Gasteiger partial charge < -0.3 is 14.5 Å². The second kappa shape index (κ2) is 10.0. The van der Waals surface area contributed by atoms with E-state index in [1.807, 2.05) is 86.1 Å². The number of rotatable bonds is 3. The lowest BCUT2D eigenvalue weighted by atomic mass is 10.0. The standard InChI is InChI=1S/C30H29N5O3/c1-30(2,3)38-29(37)34-16-14-33(15-17-34)28(36)24-10-8-22(9-11-24)25-12-13-27-32-19-26(35(27)20-25)23-6-4-21(18-31)5-7-23/h4-13,19-20H,14-17H2,1-3H3. The molecule has 0 unspecified atom stereocenters. The minimum atomic E-state index is -0.542. The number of carbonyl (C=O) groups is 2. The van der Waals surface area contributed by atoms with Gasteiger partial charge >= 0.3 is 6.09 Å². The number of amides is 2. The van der Waals surface area contributed by atoms with Crippen LogP contribution in [-0.4, -0.2) is 63.0 Å². The molecule has 3 heterocycles. The van der Waals surface area contributed by atoms with Gasteiger partial charge in [0.05, 0.1) is 23.5 Å². The van der Waals surface area contributed by atoms with Crippen LogP contribution >= 0.6 is 0 Å². The van der Waals surface area contributed by atoms with Crippen molar-refractivity contribution < 1.29 is 14.3 Å². The highest BCUT2D eigenvalue weighted by atomic mass is 16.6. The van der Waals surface area contributed by atoms with E-state index in [1.165, 1.54) is 0 Å². The van der Waals surface area contributed by atoms with E-state index in [9.17, 15) is 9.59 Å². The summed E-state index contributed by atoms with van der Waals surface area (Å²) >= 11 is 0. The molecule has 0 saturated carbocycles. The average molecular weight is 508 g/mol. The third-order valence-corrected chi connectivity index (χ3v) is 6.50. The number of nitriles is 1. The van der Waals surface area contributed by atoms with Crippen LogP contribution in [0.3, 0.4) is 0 Å². The highest BCUT2D eigenvalue weighted by Crippen LogP contribution is 2.26. The fourth-order valence-corrected chi connectivity index (χ4v) is 4.49. The maximum Gasteiger partial charge on any atom is 0.410 e. The van der Waals surface area contributed by atoms with Crippen LogP contribution in [0.5, 0.6) is 0 Å². The Morgan fingerprint density at radius 3 is 2.08 bits per heavy atom. The Kier molecular flexibility index (Phi) is 6.60. The van der Waals surface area contributed by atoms with Crippen LogP contribution in [0.4, 0.5) is 4.79 Å². The van der Waals surface area contributed by atoms with E-state index in [1.54, 1.807) is 21.9 Å². The van der Waals surface area contributed by atoms with Crippen LogP contribution in [0.2, 0.25) is 0 Å². The molecule has 8 heteroatoms. The number of aromatic nitrogens is 2. The molecule has 0 spiro atoms.